The minimum absolute atomic E-state index is 0.0406. The molecule has 5 heteroatoms. The van der Waals surface area contributed by atoms with Crippen LogP contribution in [0.25, 0.3) is 0 Å². The standard InChI is InChI=1S/C21H30N2O3/c1-4-15-8-6-9-16(5-2)18(15)22-19(24)14(3)23-12-17-10-7-11-21(17,13-23)20(25)26/h6,8-9,14,17H,4-5,7,10-13H2,1-3H3,(H,22,24)(H,25,26)/t14?,17-,21+/m0/s1. The normalized spacial score (nSPS) is 26.5. The second kappa shape index (κ2) is 7.39. The first-order valence-electron chi connectivity index (χ1n) is 9.82. The predicted molar refractivity (Wildman–Crippen MR) is 102 cm³/mol. The van der Waals surface area contributed by atoms with E-state index in [1.54, 1.807) is 0 Å². The first-order chi connectivity index (χ1) is 12.4. The predicted octanol–water partition coefficient (Wildman–Crippen LogP) is 3.33. The van der Waals surface area contributed by atoms with Gasteiger partial charge in [-0.2, -0.15) is 0 Å². The number of amides is 1. The summed E-state index contributed by atoms with van der Waals surface area (Å²) in [6.45, 7) is 7.26. The van der Waals surface area contributed by atoms with Crippen LogP contribution in [0.4, 0.5) is 5.69 Å². The van der Waals surface area contributed by atoms with E-state index in [0.717, 1.165) is 48.9 Å². The van der Waals surface area contributed by atoms with Gasteiger partial charge in [-0.3, -0.25) is 14.5 Å². The maximum atomic E-state index is 12.9. The molecule has 1 heterocycles. The molecule has 1 aromatic carbocycles. The fourth-order valence-electron chi connectivity index (χ4n) is 4.77. The van der Waals surface area contributed by atoms with Crippen LogP contribution in [-0.2, 0) is 22.4 Å². The van der Waals surface area contributed by atoms with E-state index in [1.807, 2.05) is 13.0 Å². The van der Waals surface area contributed by atoms with Crippen LogP contribution < -0.4 is 5.32 Å². The van der Waals surface area contributed by atoms with Gasteiger partial charge in [0.05, 0.1) is 11.5 Å². The zero-order valence-electron chi connectivity index (χ0n) is 16.0. The molecule has 1 saturated carbocycles. The number of carbonyl (C=O) groups is 2. The van der Waals surface area contributed by atoms with E-state index in [4.69, 9.17) is 0 Å². The summed E-state index contributed by atoms with van der Waals surface area (Å²) in [5, 5.41) is 12.9. The number of carbonyl (C=O) groups excluding carboxylic acids is 1. The number of fused-ring (bicyclic) bond motifs is 1. The highest BCUT2D eigenvalue weighted by molar-refractivity contribution is 5.96. The molecular weight excluding hydrogens is 328 g/mol. The van der Waals surface area contributed by atoms with Crippen LogP contribution in [0.2, 0.25) is 0 Å². The van der Waals surface area contributed by atoms with Gasteiger partial charge < -0.3 is 10.4 Å². The number of para-hydroxylation sites is 1. The highest BCUT2D eigenvalue weighted by Gasteiger charge is 2.55. The molecule has 5 nitrogen and oxygen atoms in total. The van der Waals surface area contributed by atoms with Crippen LogP contribution in [0.5, 0.6) is 0 Å². The first kappa shape index (κ1) is 18.9. The Morgan fingerprint density at radius 2 is 1.96 bits per heavy atom. The molecule has 26 heavy (non-hydrogen) atoms. The first-order valence-corrected chi connectivity index (χ1v) is 9.82. The molecular formula is C21H30N2O3. The van der Waals surface area contributed by atoms with Gasteiger partial charge >= 0.3 is 5.97 Å². The van der Waals surface area contributed by atoms with Crippen molar-refractivity contribution >= 4 is 17.6 Å². The molecule has 142 valence electrons. The SMILES string of the molecule is CCc1cccc(CC)c1NC(=O)C(C)N1C[C@@H]2CCC[C@@]2(C(=O)O)C1. The van der Waals surface area contributed by atoms with Crippen molar-refractivity contribution in [1.82, 2.24) is 4.90 Å². The minimum Gasteiger partial charge on any atom is -0.481 e. The molecule has 1 amide bonds. The number of nitrogens with one attached hydrogen (secondary N) is 1. The second-order valence-corrected chi connectivity index (χ2v) is 7.80. The second-order valence-electron chi connectivity index (χ2n) is 7.80. The van der Waals surface area contributed by atoms with Crippen LogP contribution in [0, 0.1) is 11.3 Å². The number of rotatable bonds is 6. The lowest BCUT2D eigenvalue weighted by atomic mass is 9.81. The maximum Gasteiger partial charge on any atom is 0.311 e. The van der Waals surface area contributed by atoms with Gasteiger partial charge in [-0.05, 0) is 49.7 Å². The molecule has 0 bridgehead atoms. The van der Waals surface area contributed by atoms with Crippen molar-refractivity contribution in [1.29, 1.82) is 0 Å². The molecule has 1 saturated heterocycles. The Kier molecular flexibility index (Phi) is 5.37. The molecule has 2 aliphatic rings. The third-order valence-electron chi connectivity index (χ3n) is 6.50. The number of aryl methyl sites for hydroxylation is 2. The molecule has 1 unspecified atom stereocenters. The smallest absolute Gasteiger partial charge is 0.311 e. The van der Waals surface area contributed by atoms with Crippen molar-refractivity contribution in [2.45, 2.75) is 58.9 Å². The summed E-state index contributed by atoms with van der Waals surface area (Å²) < 4.78 is 0. The van der Waals surface area contributed by atoms with E-state index in [2.05, 4.69) is 36.2 Å². The number of carboxylic acid groups (broad SMARTS) is 1. The lowest BCUT2D eigenvalue weighted by molar-refractivity contribution is -0.149. The zero-order valence-corrected chi connectivity index (χ0v) is 16.0. The van der Waals surface area contributed by atoms with Gasteiger partial charge in [0.2, 0.25) is 5.91 Å². The Morgan fingerprint density at radius 3 is 2.50 bits per heavy atom. The Labute approximate surface area is 155 Å². The summed E-state index contributed by atoms with van der Waals surface area (Å²) in [6.07, 6.45) is 4.40. The monoisotopic (exact) mass is 358 g/mol. The molecule has 1 aliphatic carbocycles. The molecule has 3 rings (SSSR count). The highest BCUT2D eigenvalue weighted by atomic mass is 16.4. The summed E-state index contributed by atoms with van der Waals surface area (Å²) in [7, 11) is 0. The summed E-state index contributed by atoms with van der Waals surface area (Å²) >= 11 is 0. The van der Waals surface area contributed by atoms with Gasteiger partial charge in [0.25, 0.3) is 0 Å². The largest absolute Gasteiger partial charge is 0.481 e. The van der Waals surface area contributed by atoms with Gasteiger partial charge in [0.1, 0.15) is 0 Å². The average molecular weight is 358 g/mol. The van der Waals surface area contributed by atoms with Crippen molar-refractivity contribution in [3.63, 3.8) is 0 Å². The minimum atomic E-state index is -0.695. The third kappa shape index (κ3) is 3.13. The van der Waals surface area contributed by atoms with Gasteiger partial charge in [-0.15, -0.1) is 0 Å². The Hall–Kier alpha value is -1.88. The number of aliphatic carboxylic acids is 1. The number of anilines is 1. The molecule has 3 atom stereocenters. The van der Waals surface area contributed by atoms with Crippen LogP contribution in [0.15, 0.2) is 18.2 Å². The summed E-state index contributed by atoms with van der Waals surface area (Å²) in [5.41, 5.74) is 2.57. The van der Waals surface area contributed by atoms with Crippen LogP contribution in [-0.4, -0.2) is 41.0 Å². The fraction of sp³-hybridized carbons (Fsp3) is 0.619. The Balaban J connectivity index is 1.75. The van der Waals surface area contributed by atoms with E-state index in [9.17, 15) is 14.7 Å². The number of hydrogen-bond acceptors (Lipinski definition) is 3. The number of carboxylic acids is 1. The molecule has 2 fully saturated rings. The lowest BCUT2D eigenvalue weighted by Gasteiger charge is -2.27. The molecule has 0 radical (unpaired) electrons. The molecule has 2 N–H and O–H groups in total. The Bertz CT molecular complexity index is 680. The van der Waals surface area contributed by atoms with Gasteiger partial charge in [0.15, 0.2) is 0 Å². The third-order valence-corrected chi connectivity index (χ3v) is 6.50. The van der Waals surface area contributed by atoms with Crippen molar-refractivity contribution < 1.29 is 14.7 Å². The summed E-state index contributed by atoms with van der Waals surface area (Å²) in [5.74, 6) is -0.565. The van der Waals surface area contributed by atoms with Crippen molar-refractivity contribution in [3.8, 4) is 0 Å². The molecule has 1 aliphatic heterocycles. The molecule has 1 aromatic rings. The van der Waals surface area contributed by atoms with Gasteiger partial charge in [-0.25, -0.2) is 0 Å². The van der Waals surface area contributed by atoms with Crippen LogP contribution >= 0.6 is 0 Å². The quantitative estimate of drug-likeness (QED) is 0.818. The van der Waals surface area contributed by atoms with Crippen molar-refractivity contribution in [2.24, 2.45) is 11.3 Å². The zero-order chi connectivity index (χ0) is 18.9. The van der Waals surface area contributed by atoms with Crippen LogP contribution in [0.3, 0.4) is 0 Å². The Morgan fingerprint density at radius 1 is 1.31 bits per heavy atom. The summed E-state index contributed by atoms with van der Waals surface area (Å²) in [6, 6.07) is 5.82. The van der Waals surface area contributed by atoms with Gasteiger partial charge in [-0.1, -0.05) is 38.5 Å². The van der Waals surface area contributed by atoms with Crippen LogP contribution in [0.1, 0.15) is 51.2 Å². The number of hydrogen-bond donors (Lipinski definition) is 2. The fourth-order valence-corrected chi connectivity index (χ4v) is 4.77. The average Bonchev–Trinajstić information content (AvgIpc) is 3.19. The van der Waals surface area contributed by atoms with E-state index < -0.39 is 11.4 Å². The topological polar surface area (TPSA) is 69.6 Å². The van der Waals surface area contributed by atoms with E-state index >= 15 is 0 Å². The van der Waals surface area contributed by atoms with Crippen molar-refractivity contribution in [2.75, 3.05) is 18.4 Å². The van der Waals surface area contributed by atoms with E-state index in [-0.39, 0.29) is 17.9 Å². The maximum absolute atomic E-state index is 12.9. The summed E-state index contributed by atoms with van der Waals surface area (Å²) in [4.78, 5) is 26.9. The lowest BCUT2D eigenvalue weighted by Crippen LogP contribution is -2.43. The van der Waals surface area contributed by atoms with E-state index in [1.165, 1.54) is 0 Å². The molecule has 0 aromatic heterocycles. The highest BCUT2D eigenvalue weighted by Crippen LogP contribution is 2.49. The van der Waals surface area contributed by atoms with Crippen molar-refractivity contribution in [3.05, 3.63) is 29.3 Å². The number of likely N-dealkylation sites (tertiary alicyclic amines) is 1. The van der Waals surface area contributed by atoms with E-state index in [0.29, 0.717) is 13.1 Å². The van der Waals surface area contributed by atoms with Gasteiger partial charge in [0, 0.05) is 18.8 Å². The number of benzene rings is 1. The molecule has 0 spiro atoms. The number of nitrogens with zero attached hydrogens (tertiary/aromatic N) is 1.